The van der Waals surface area contributed by atoms with E-state index in [1.165, 1.54) is 5.56 Å². The molecule has 0 bridgehead atoms. The zero-order valence-corrected chi connectivity index (χ0v) is 16.7. The Balaban J connectivity index is 1.45. The van der Waals surface area contributed by atoms with Crippen LogP contribution in [0, 0.1) is 6.92 Å². The van der Waals surface area contributed by atoms with Gasteiger partial charge < -0.3 is 11.1 Å². The SMILES string of the molecule is Cc1cccc(CNC(=O)c2cc(-c3ccn4nc(N)nc4c3)cnc2C2CC2)c1. The third-order valence-corrected chi connectivity index (χ3v) is 5.35. The van der Waals surface area contributed by atoms with Crippen molar-refractivity contribution in [2.45, 2.75) is 32.2 Å². The van der Waals surface area contributed by atoms with E-state index >= 15 is 0 Å². The second-order valence-corrected chi connectivity index (χ2v) is 7.79. The van der Waals surface area contributed by atoms with Gasteiger partial charge in [0.1, 0.15) is 0 Å². The lowest BCUT2D eigenvalue weighted by Gasteiger charge is -2.12. The summed E-state index contributed by atoms with van der Waals surface area (Å²) in [5, 5.41) is 7.16. The van der Waals surface area contributed by atoms with Crippen molar-refractivity contribution in [3.63, 3.8) is 0 Å². The zero-order chi connectivity index (χ0) is 20.7. The Kier molecular flexibility index (Phi) is 4.43. The van der Waals surface area contributed by atoms with Crippen LogP contribution in [-0.4, -0.2) is 25.5 Å². The molecule has 30 heavy (non-hydrogen) atoms. The highest BCUT2D eigenvalue weighted by Gasteiger charge is 2.30. The molecule has 1 fully saturated rings. The molecule has 150 valence electrons. The van der Waals surface area contributed by atoms with Crippen molar-refractivity contribution < 1.29 is 4.79 Å². The van der Waals surface area contributed by atoms with E-state index in [1.54, 1.807) is 10.7 Å². The predicted molar refractivity (Wildman–Crippen MR) is 115 cm³/mol. The summed E-state index contributed by atoms with van der Waals surface area (Å²) in [6.45, 7) is 2.53. The first-order valence-electron chi connectivity index (χ1n) is 10.0. The zero-order valence-electron chi connectivity index (χ0n) is 16.7. The fraction of sp³-hybridized carbons (Fsp3) is 0.217. The van der Waals surface area contributed by atoms with Gasteiger partial charge in [0.15, 0.2) is 5.65 Å². The second-order valence-electron chi connectivity index (χ2n) is 7.79. The Morgan fingerprint density at radius 2 is 2.07 bits per heavy atom. The maximum absolute atomic E-state index is 13.1. The van der Waals surface area contributed by atoms with Gasteiger partial charge in [0.05, 0.1) is 11.3 Å². The maximum Gasteiger partial charge on any atom is 0.253 e. The van der Waals surface area contributed by atoms with Crippen LogP contribution >= 0.6 is 0 Å². The first kappa shape index (κ1) is 18.3. The van der Waals surface area contributed by atoms with Crippen molar-refractivity contribution in [1.82, 2.24) is 24.9 Å². The van der Waals surface area contributed by atoms with E-state index in [2.05, 4.69) is 26.4 Å². The molecule has 0 saturated heterocycles. The molecule has 3 heterocycles. The van der Waals surface area contributed by atoms with E-state index in [9.17, 15) is 4.79 Å². The number of anilines is 1. The van der Waals surface area contributed by atoms with Crippen LogP contribution in [0.25, 0.3) is 16.8 Å². The number of fused-ring (bicyclic) bond motifs is 1. The third kappa shape index (κ3) is 3.61. The molecule has 1 aliphatic carbocycles. The smallest absolute Gasteiger partial charge is 0.253 e. The highest BCUT2D eigenvalue weighted by Crippen LogP contribution is 2.41. The molecular weight excluding hydrogens is 376 g/mol. The number of carbonyl (C=O) groups is 1. The van der Waals surface area contributed by atoms with Crippen LogP contribution in [0.5, 0.6) is 0 Å². The first-order chi connectivity index (χ1) is 14.6. The molecule has 4 aromatic rings. The van der Waals surface area contributed by atoms with Crippen LogP contribution in [0.15, 0.2) is 54.9 Å². The highest BCUT2D eigenvalue weighted by molar-refractivity contribution is 5.96. The van der Waals surface area contributed by atoms with Crippen molar-refractivity contribution in [2.75, 3.05) is 5.73 Å². The minimum absolute atomic E-state index is 0.0967. The monoisotopic (exact) mass is 398 g/mol. The molecule has 5 rings (SSSR count). The molecule has 7 heteroatoms. The largest absolute Gasteiger partial charge is 0.366 e. The number of hydrogen-bond acceptors (Lipinski definition) is 5. The summed E-state index contributed by atoms with van der Waals surface area (Å²) < 4.78 is 1.63. The van der Waals surface area contributed by atoms with Crippen molar-refractivity contribution in [3.05, 3.63) is 77.2 Å². The van der Waals surface area contributed by atoms with Gasteiger partial charge in [0.25, 0.3) is 5.91 Å². The summed E-state index contributed by atoms with van der Waals surface area (Å²) in [5.41, 5.74) is 11.9. The number of nitrogen functional groups attached to an aromatic ring is 1. The van der Waals surface area contributed by atoms with Gasteiger partial charge in [-0.1, -0.05) is 29.8 Å². The molecule has 0 aliphatic heterocycles. The maximum atomic E-state index is 13.1. The van der Waals surface area contributed by atoms with Crippen LogP contribution in [0.4, 0.5) is 5.95 Å². The lowest BCUT2D eigenvalue weighted by Crippen LogP contribution is -2.24. The summed E-state index contributed by atoms with van der Waals surface area (Å²) in [4.78, 5) is 21.9. The molecule has 1 amide bonds. The van der Waals surface area contributed by atoms with Gasteiger partial charge in [-0.2, -0.15) is 4.98 Å². The summed E-state index contributed by atoms with van der Waals surface area (Å²) in [7, 11) is 0. The topological polar surface area (TPSA) is 98.2 Å². The number of carbonyl (C=O) groups excluding carboxylic acids is 1. The number of benzene rings is 1. The van der Waals surface area contributed by atoms with Crippen LogP contribution in [0.2, 0.25) is 0 Å². The molecule has 1 saturated carbocycles. The van der Waals surface area contributed by atoms with Crippen LogP contribution in [0.1, 0.15) is 45.9 Å². The summed E-state index contributed by atoms with van der Waals surface area (Å²) in [6, 6.07) is 13.9. The number of nitrogens with two attached hydrogens (primary N) is 1. The van der Waals surface area contributed by atoms with Gasteiger partial charge in [-0.15, -0.1) is 5.10 Å². The van der Waals surface area contributed by atoms with E-state index in [0.717, 1.165) is 35.2 Å². The molecule has 3 N–H and O–H groups in total. The fourth-order valence-corrected chi connectivity index (χ4v) is 3.68. The molecule has 0 unspecified atom stereocenters. The number of pyridine rings is 2. The number of rotatable bonds is 5. The number of aryl methyl sites for hydroxylation is 1. The average Bonchev–Trinajstić information content (AvgIpc) is 3.52. The van der Waals surface area contributed by atoms with Gasteiger partial charge in [0.2, 0.25) is 5.95 Å². The number of aromatic nitrogens is 4. The molecule has 0 spiro atoms. The number of amides is 1. The van der Waals surface area contributed by atoms with Gasteiger partial charge in [-0.05, 0) is 49.1 Å². The van der Waals surface area contributed by atoms with Crippen molar-refractivity contribution >= 4 is 17.5 Å². The van der Waals surface area contributed by atoms with Crippen LogP contribution < -0.4 is 11.1 Å². The Morgan fingerprint density at radius 1 is 1.20 bits per heavy atom. The summed E-state index contributed by atoms with van der Waals surface area (Å²) in [5.74, 6) is 0.503. The van der Waals surface area contributed by atoms with Crippen LogP contribution in [-0.2, 0) is 6.54 Å². The summed E-state index contributed by atoms with van der Waals surface area (Å²) in [6.07, 6.45) is 5.79. The molecule has 0 atom stereocenters. The first-order valence-corrected chi connectivity index (χ1v) is 10.0. The van der Waals surface area contributed by atoms with Crippen molar-refractivity contribution in [2.24, 2.45) is 0 Å². The number of nitrogens with zero attached hydrogens (tertiary/aromatic N) is 4. The van der Waals surface area contributed by atoms with Gasteiger partial charge in [-0.25, -0.2) is 4.52 Å². The van der Waals surface area contributed by atoms with E-state index in [4.69, 9.17) is 5.73 Å². The van der Waals surface area contributed by atoms with Gasteiger partial charge >= 0.3 is 0 Å². The quantitative estimate of drug-likeness (QED) is 0.536. The highest BCUT2D eigenvalue weighted by atomic mass is 16.1. The predicted octanol–water partition coefficient (Wildman–Crippen LogP) is 3.49. The minimum Gasteiger partial charge on any atom is -0.366 e. The Labute approximate surface area is 174 Å². The Morgan fingerprint density at radius 3 is 2.87 bits per heavy atom. The minimum atomic E-state index is -0.0967. The molecule has 7 nitrogen and oxygen atoms in total. The van der Waals surface area contributed by atoms with Gasteiger partial charge in [0, 0.05) is 30.4 Å². The van der Waals surface area contributed by atoms with E-state index in [0.29, 0.717) is 23.7 Å². The number of hydrogen-bond donors (Lipinski definition) is 2. The van der Waals surface area contributed by atoms with E-state index < -0.39 is 0 Å². The summed E-state index contributed by atoms with van der Waals surface area (Å²) >= 11 is 0. The average molecular weight is 398 g/mol. The van der Waals surface area contributed by atoms with Crippen molar-refractivity contribution in [3.8, 4) is 11.1 Å². The fourth-order valence-electron chi connectivity index (χ4n) is 3.68. The Bertz CT molecular complexity index is 1260. The Hall–Kier alpha value is -3.74. The number of nitrogens with one attached hydrogen (secondary N) is 1. The van der Waals surface area contributed by atoms with E-state index in [1.807, 2.05) is 49.5 Å². The normalized spacial score (nSPS) is 13.5. The lowest BCUT2D eigenvalue weighted by molar-refractivity contribution is 0.0949. The third-order valence-electron chi connectivity index (χ3n) is 5.35. The van der Waals surface area contributed by atoms with Gasteiger partial charge in [-0.3, -0.25) is 9.78 Å². The molecule has 1 aromatic carbocycles. The van der Waals surface area contributed by atoms with Crippen LogP contribution in [0.3, 0.4) is 0 Å². The lowest BCUT2D eigenvalue weighted by atomic mass is 10.0. The molecule has 3 aromatic heterocycles. The molecule has 0 radical (unpaired) electrons. The second kappa shape index (κ2) is 7.26. The standard InChI is InChI=1S/C23H22N6O/c1-14-3-2-4-15(9-14)12-26-22(30)19-10-18(13-25-21(19)16-5-6-16)17-7-8-29-20(11-17)27-23(24)28-29/h2-4,7-11,13,16H,5-6,12H2,1H3,(H2,24,28)(H,26,30). The molecular formula is C23H22N6O. The van der Waals surface area contributed by atoms with E-state index in [-0.39, 0.29) is 11.9 Å². The van der Waals surface area contributed by atoms with Crippen molar-refractivity contribution in [1.29, 1.82) is 0 Å². The molecule has 1 aliphatic rings.